The fourth-order valence-electron chi connectivity index (χ4n) is 4.14. The Bertz CT molecular complexity index is 1350. The van der Waals surface area contributed by atoms with Gasteiger partial charge in [-0.3, -0.25) is 14.0 Å². The van der Waals surface area contributed by atoms with E-state index in [9.17, 15) is 9.59 Å². The number of carbonyl (C=O) groups excluding carboxylic acids is 1. The number of aromatic nitrogens is 4. The minimum absolute atomic E-state index is 0.106. The predicted octanol–water partition coefficient (Wildman–Crippen LogP) is 4.25. The molecule has 1 fully saturated rings. The first kappa shape index (κ1) is 19.1. The summed E-state index contributed by atoms with van der Waals surface area (Å²) in [7, 11) is 0. The Morgan fingerprint density at radius 3 is 2.70 bits per heavy atom. The van der Waals surface area contributed by atoms with E-state index in [1.165, 1.54) is 11.8 Å². The number of thioether (sulfide) groups is 1. The summed E-state index contributed by atoms with van der Waals surface area (Å²) in [6, 6.07) is 13.6. The molecule has 0 aliphatic heterocycles. The highest BCUT2D eigenvalue weighted by Gasteiger charge is 2.27. The Balaban J connectivity index is 1.80. The van der Waals surface area contributed by atoms with Gasteiger partial charge in [-0.05, 0) is 56.0 Å². The van der Waals surface area contributed by atoms with E-state index in [-0.39, 0.29) is 16.6 Å². The lowest BCUT2D eigenvalue weighted by atomic mass is 9.99. The van der Waals surface area contributed by atoms with Gasteiger partial charge in [0.05, 0.1) is 21.8 Å². The van der Waals surface area contributed by atoms with E-state index in [2.05, 4.69) is 10.2 Å². The molecule has 0 unspecified atom stereocenters. The van der Waals surface area contributed by atoms with Crippen LogP contribution in [0.2, 0.25) is 0 Å². The molecule has 1 aliphatic carbocycles. The van der Waals surface area contributed by atoms with Crippen LogP contribution >= 0.6 is 11.8 Å². The minimum atomic E-state index is -0.121. The lowest BCUT2D eigenvalue weighted by Crippen LogP contribution is -2.23. The average Bonchev–Trinajstić information content (AvgIpc) is 3.16. The summed E-state index contributed by atoms with van der Waals surface area (Å²) < 4.78 is 3.56. The zero-order valence-corrected chi connectivity index (χ0v) is 17.8. The second-order valence-electron chi connectivity index (χ2n) is 7.88. The lowest BCUT2D eigenvalue weighted by molar-refractivity contribution is -0.119. The van der Waals surface area contributed by atoms with Gasteiger partial charge >= 0.3 is 0 Å². The number of ketones is 1. The maximum absolute atomic E-state index is 13.5. The lowest BCUT2D eigenvalue weighted by Gasteiger charge is -2.19. The summed E-state index contributed by atoms with van der Waals surface area (Å²) >= 11 is 1.47. The van der Waals surface area contributed by atoms with Crippen molar-refractivity contribution < 1.29 is 4.79 Å². The van der Waals surface area contributed by atoms with Crippen LogP contribution in [0, 0.1) is 13.8 Å². The van der Waals surface area contributed by atoms with Crippen LogP contribution in [0.1, 0.15) is 36.8 Å². The molecule has 1 saturated carbocycles. The van der Waals surface area contributed by atoms with Crippen LogP contribution in [0.4, 0.5) is 0 Å². The standard InChI is InChI=1S/C23H22N4O2S/c1-14-11-12-15(2)18(13-14)26-21(29)16-7-3-4-8-17(16)27-22(26)24-25-23(27)30-20-10-6-5-9-19(20)28/h3-4,7-8,11-13,20H,5-6,9-10H2,1-2H3/t20-/m0/s1. The van der Waals surface area contributed by atoms with E-state index in [0.29, 0.717) is 22.7 Å². The van der Waals surface area contributed by atoms with Crippen molar-refractivity contribution in [3.05, 3.63) is 63.9 Å². The zero-order valence-electron chi connectivity index (χ0n) is 17.0. The highest BCUT2D eigenvalue weighted by atomic mass is 32.2. The predicted molar refractivity (Wildman–Crippen MR) is 119 cm³/mol. The fourth-order valence-corrected chi connectivity index (χ4v) is 5.30. The molecular weight excluding hydrogens is 396 g/mol. The Labute approximate surface area is 177 Å². The summed E-state index contributed by atoms with van der Waals surface area (Å²) in [6.45, 7) is 3.99. The van der Waals surface area contributed by atoms with E-state index in [4.69, 9.17) is 0 Å². The Kier molecular flexibility index (Phi) is 4.70. The summed E-state index contributed by atoms with van der Waals surface area (Å²) in [5.74, 6) is 0.744. The molecule has 0 N–H and O–H groups in total. The molecule has 1 aliphatic rings. The first-order valence-corrected chi connectivity index (χ1v) is 11.1. The number of nitrogens with zero attached hydrogens (tertiary/aromatic N) is 4. The Morgan fingerprint density at radius 2 is 1.87 bits per heavy atom. The SMILES string of the molecule is Cc1ccc(C)c(-n2c(=O)c3ccccc3n3c(S[C@H]4CCCCC4=O)nnc23)c1. The van der Waals surface area contributed by atoms with Crippen molar-refractivity contribution in [3.63, 3.8) is 0 Å². The molecule has 4 aromatic rings. The van der Waals surface area contributed by atoms with Gasteiger partial charge in [0.2, 0.25) is 5.78 Å². The van der Waals surface area contributed by atoms with Gasteiger partial charge in [-0.15, -0.1) is 10.2 Å². The second kappa shape index (κ2) is 7.40. The quantitative estimate of drug-likeness (QED) is 0.497. The van der Waals surface area contributed by atoms with Crippen LogP contribution in [0.25, 0.3) is 22.4 Å². The van der Waals surface area contributed by atoms with Crippen LogP contribution in [0.15, 0.2) is 52.4 Å². The van der Waals surface area contributed by atoms with Crippen molar-refractivity contribution in [2.75, 3.05) is 0 Å². The maximum atomic E-state index is 13.5. The van der Waals surface area contributed by atoms with Crippen molar-refractivity contribution in [1.29, 1.82) is 0 Å². The average molecular weight is 419 g/mol. The Morgan fingerprint density at radius 1 is 1.03 bits per heavy atom. The van der Waals surface area contributed by atoms with Gasteiger partial charge in [-0.1, -0.05) is 42.4 Å². The highest BCUT2D eigenvalue weighted by molar-refractivity contribution is 8.00. The first-order valence-electron chi connectivity index (χ1n) is 10.2. The molecule has 0 bridgehead atoms. The summed E-state index contributed by atoms with van der Waals surface area (Å²) in [5.41, 5.74) is 3.49. The van der Waals surface area contributed by atoms with Crippen molar-refractivity contribution in [2.24, 2.45) is 0 Å². The van der Waals surface area contributed by atoms with Gasteiger partial charge in [-0.2, -0.15) is 0 Å². The van der Waals surface area contributed by atoms with E-state index in [0.717, 1.165) is 41.6 Å². The normalized spacial score (nSPS) is 17.1. The van der Waals surface area contributed by atoms with Crippen LogP contribution in [0.3, 0.4) is 0 Å². The molecule has 152 valence electrons. The summed E-state index contributed by atoms with van der Waals surface area (Å²) in [5, 5.41) is 9.98. The third-order valence-corrected chi connectivity index (χ3v) is 7.00. The number of Topliss-reactive ketones (excluding diaryl/α,β-unsaturated/α-hetero) is 1. The fraction of sp³-hybridized carbons (Fsp3) is 0.304. The van der Waals surface area contributed by atoms with Crippen LogP contribution in [-0.4, -0.2) is 30.2 Å². The summed E-state index contributed by atoms with van der Waals surface area (Å²) in [4.78, 5) is 25.9. The van der Waals surface area contributed by atoms with Gasteiger partial charge in [0.25, 0.3) is 5.56 Å². The van der Waals surface area contributed by atoms with Gasteiger partial charge in [-0.25, -0.2) is 4.57 Å². The number of fused-ring (bicyclic) bond motifs is 3. The second-order valence-corrected chi connectivity index (χ2v) is 9.05. The van der Waals surface area contributed by atoms with Crippen LogP contribution in [-0.2, 0) is 4.79 Å². The van der Waals surface area contributed by atoms with Gasteiger partial charge in [0.15, 0.2) is 5.16 Å². The molecule has 0 amide bonds. The monoisotopic (exact) mass is 418 g/mol. The van der Waals surface area contributed by atoms with E-state index in [1.54, 1.807) is 4.57 Å². The number of carbonyl (C=O) groups is 1. The number of para-hydroxylation sites is 1. The number of rotatable bonds is 3. The van der Waals surface area contributed by atoms with Gasteiger partial charge in [0, 0.05) is 6.42 Å². The molecule has 0 radical (unpaired) electrons. The third-order valence-electron chi connectivity index (χ3n) is 5.75. The molecule has 2 aromatic heterocycles. The van der Waals surface area contributed by atoms with Crippen molar-refractivity contribution in [2.45, 2.75) is 49.9 Å². The summed E-state index contributed by atoms with van der Waals surface area (Å²) in [6.07, 6.45) is 3.50. The molecule has 0 saturated heterocycles. The topological polar surface area (TPSA) is 69.3 Å². The molecule has 6 nitrogen and oxygen atoms in total. The molecular formula is C23H22N4O2S. The van der Waals surface area contributed by atoms with E-state index in [1.807, 2.05) is 60.7 Å². The molecule has 2 aromatic carbocycles. The number of benzene rings is 2. The molecule has 7 heteroatoms. The van der Waals surface area contributed by atoms with E-state index >= 15 is 0 Å². The number of aryl methyl sites for hydroxylation is 2. The maximum Gasteiger partial charge on any atom is 0.267 e. The Hall–Kier alpha value is -2.93. The smallest absolute Gasteiger partial charge is 0.267 e. The van der Waals surface area contributed by atoms with Crippen LogP contribution in [0.5, 0.6) is 0 Å². The molecule has 5 rings (SSSR count). The van der Waals surface area contributed by atoms with E-state index < -0.39 is 0 Å². The minimum Gasteiger partial charge on any atom is -0.298 e. The third kappa shape index (κ3) is 3.04. The van der Waals surface area contributed by atoms with Gasteiger partial charge in [0.1, 0.15) is 5.78 Å². The van der Waals surface area contributed by atoms with Crippen molar-refractivity contribution in [1.82, 2.24) is 19.2 Å². The molecule has 2 heterocycles. The largest absolute Gasteiger partial charge is 0.298 e. The molecule has 30 heavy (non-hydrogen) atoms. The van der Waals surface area contributed by atoms with Gasteiger partial charge < -0.3 is 0 Å². The van der Waals surface area contributed by atoms with Crippen LogP contribution < -0.4 is 5.56 Å². The molecule has 1 atom stereocenters. The van der Waals surface area contributed by atoms with Crippen molar-refractivity contribution >= 4 is 34.2 Å². The van der Waals surface area contributed by atoms with Crippen molar-refractivity contribution in [3.8, 4) is 5.69 Å². The number of hydrogen-bond donors (Lipinski definition) is 0. The number of hydrogen-bond acceptors (Lipinski definition) is 5. The molecule has 0 spiro atoms. The highest BCUT2D eigenvalue weighted by Crippen LogP contribution is 2.32. The first-order chi connectivity index (χ1) is 14.5. The zero-order chi connectivity index (χ0) is 20.8.